The number of allylic oxidation sites excluding steroid dienone is 2. The Kier molecular flexibility index (Phi) is 7.73. The molecule has 2 aliphatic rings. The van der Waals surface area contributed by atoms with Crippen molar-refractivity contribution in [3.05, 3.63) is 47.5 Å². The van der Waals surface area contributed by atoms with Gasteiger partial charge in [0, 0.05) is 12.3 Å². The van der Waals surface area contributed by atoms with E-state index in [1.54, 1.807) is 6.92 Å². The molecule has 1 N–H and O–H groups in total. The Balaban J connectivity index is 1.45. The zero-order valence-electron chi connectivity index (χ0n) is 17.9. The quantitative estimate of drug-likeness (QED) is 0.451. The SMILES string of the molecule is CCC=CCCCCCCN1CCC2(CC1)C[C@H](NC(C)=O)c1ccccc12. The molecule has 0 aromatic heterocycles. The first-order valence-corrected chi connectivity index (χ1v) is 11.4. The van der Waals surface area contributed by atoms with Crippen LogP contribution >= 0.6 is 0 Å². The number of nitrogens with zero attached hydrogens (tertiary/aromatic N) is 1. The molecule has 1 aliphatic carbocycles. The van der Waals surface area contributed by atoms with Crippen molar-refractivity contribution in [2.75, 3.05) is 19.6 Å². The summed E-state index contributed by atoms with van der Waals surface area (Å²) in [5.74, 6) is 0.0828. The molecule has 1 heterocycles. The third-order valence-electron chi connectivity index (χ3n) is 6.69. The highest BCUT2D eigenvalue weighted by Crippen LogP contribution is 2.50. The molecule has 0 saturated carbocycles. The third-order valence-corrected chi connectivity index (χ3v) is 6.69. The number of fused-ring (bicyclic) bond motifs is 2. The minimum atomic E-state index is 0.0828. The van der Waals surface area contributed by atoms with Crippen LogP contribution in [0.15, 0.2) is 36.4 Å². The monoisotopic (exact) mass is 382 g/mol. The Bertz CT molecular complexity index is 658. The molecule has 0 unspecified atom stereocenters. The minimum absolute atomic E-state index is 0.0828. The summed E-state index contributed by atoms with van der Waals surface area (Å²) in [5.41, 5.74) is 3.11. The third kappa shape index (κ3) is 5.26. The number of likely N-dealkylation sites (tertiary alicyclic amines) is 1. The number of benzene rings is 1. The molecule has 1 atom stereocenters. The number of hydrogen-bond donors (Lipinski definition) is 1. The number of rotatable bonds is 9. The number of piperidine rings is 1. The Hall–Kier alpha value is -1.61. The maximum Gasteiger partial charge on any atom is 0.217 e. The molecule has 1 saturated heterocycles. The van der Waals surface area contributed by atoms with E-state index in [1.165, 1.54) is 75.7 Å². The second kappa shape index (κ2) is 10.2. The lowest BCUT2D eigenvalue weighted by molar-refractivity contribution is -0.119. The molecule has 3 nitrogen and oxygen atoms in total. The lowest BCUT2D eigenvalue weighted by Crippen LogP contribution is -2.42. The highest BCUT2D eigenvalue weighted by Gasteiger charge is 2.45. The van der Waals surface area contributed by atoms with Crippen LogP contribution in [0.1, 0.15) is 88.8 Å². The second-order valence-corrected chi connectivity index (χ2v) is 8.75. The number of amides is 1. The fourth-order valence-electron chi connectivity index (χ4n) is 5.18. The van der Waals surface area contributed by atoms with Crippen LogP contribution in [0.25, 0.3) is 0 Å². The summed E-state index contributed by atoms with van der Waals surface area (Å²) in [4.78, 5) is 14.3. The van der Waals surface area contributed by atoms with Crippen molar-refractivity contribution in [3.8, 4) is 0 Å². The lowest BCUT2D eigenvalue weighted by atomic mass is 9.73. The van der Waals surface area contributed by atoms with Crippen LogP contribution < -0.4 is 5.32 Å². The molecular formula is C25H38N2O. The molecule has 1 aliphatic heterocycles. The zero-order valence-corrected chi connectivity index (χ0v) is 17.9. The summed E-state index contributed by atoms with van der Waals surface area (Å²) in [6.45, 7) is 7.47. The predicted molar refractivity (Wildman–Crippen MR) is 117 cm³/mol. The fraction of sp³-hybridized carbons (Fsp3) is 0.640. The van der Waals surface area contributed by atoms with E-state index in [-0.39, 0.29) is 17.4 Å². The Morgan fingerprint density at radius 3 is 2.64 bits per heavy atom. The Labute approximate surface area is 171 Å². The average Bonchev–Trinajstić information content (AvgIpc) is 2.98. The van der Waals surface area contributed by atoms with Gasteiger partial charge >= 0.3 is 0 Å². The lowest BCUT2D eigenvalue weighted by Gasteiger charge is -2.40. The Morgan fingerprint density at radius 2 is 1.89 bits per heavy atom. The van der Waals surface area contributed by atoms with Crippen LogP contribution in [0.4, 0.5) is 0 Å². The first-order valence-electron chi connectivity index (χ1n) is 11.4. The van der Waals surface area contributed by atoms with Crippen molar-refractivity contribution < 1.29 is 4.79 Å². The molecule has 1 fully saturated rings. The van der Waals surface area contributed by atoms with E-state index in [2.05, 4.69) is 53.6 Å². The summed E-state index contributed by atoms with van der Waals surface area (Å²) in [5, 5.41) is 3.19. The van der Waals surface area contributed by atoms with Crippen molar-refractivity contribution in [2.45, 2.75) is 83.1 Å². The molecule has 1 aromatic rings. The van der Waals surface area contributed by atoms with Gasteiger partial charge in [-0.2, -0.15) is 0 Å². The van der Waals surface area contributed by atoms with Gasteiger partial charge in [-0.15, -0.1) is 0 Å². The summed E-state index contributed by atoms with van der Waals surface area (Å²) >= 11 is 0. The smallest absolute Gasteiger partial charge is 0.217 e. The molecule has 3 rings (SSSR count). The highest BCUT2D eigenvalue weighted by atomic mass is 16.1. The van der Waals surface area contributed by atoms with Gasteiger partial charge < -0.3 is 10.2 Å². The standard InChI is InChI=1S/C25H38N2O/c1-3-4-5-6-7-8-9-12-17-27-18-15-25(16-19-27)20-24(26-21(2)28)22-13-10-11-14-23(22)25/h4-5,10-11,13-14,24H,3,6-9,12,15-20H2,1-2H3,(H,26,28)/t24-/m0/s1. The van der Waals surface area contributed by atoms with Crippen molar-refractivity contribution in [1.82, 2.24) is 10.2 Å². The number of unbranched alkanes of at least 4 members (excludes halogenated alkanes) is 4. The first-order chi connectivity index (χ1) is 13.6. The van der Waals surface area contributed by atoms with E-state index in [4.69, 9.17) is 0 Å². The van der Waals surface area contributed by atoms with Crippen LogP contribution in [0.3, 0.4) is 0 Å². The molecule has 1 spiro atoms. The molecule has 3 heteroatoms. The van der Waals surface area contributed by atoms with Crippen molar-refractivity contribution in [1.29, 1.82) is 0 Å². The molecule has 154 valence electrons. The van der Waals surface area contributed by atoms with Crippen LogP contribution in [-0.2, 0) is 10.2 Å². The maximum atomic E-state index is 11.7. The van der Waals surface area contributed by atoms with Gasteiger partial charge in [-0.3, -0.25) is 4.79 Å². The molecule has 0 radical (unpaired) electrons. The van der Waals surface area contributed by atoms with Gasteiger partial charge in [0.2, 0.25) is 5.91 Å². The highest BCUT2D eigenvalue weighted by molar-refractivity contribution is 5.73. The summed E-state index contributed by atoms with van der Waals surface area (Å²) in [7, 11) is 0. The molecule has 0 bridgehead atoms. The van der Waals surface area contributed by atoms with Crippen molar-refractivity contribution >= 4 is 5.91 Å². The van der Waals surface area contributed by atoms with E-state index < -0.39 is 0 Å². The molecular weight excluding hydrogens is 344 g/mol. The summed E-state index contributed by atoms with van der Waals surface area (Å²) in [6, 6.07) is 8.99. The van der Waals surface area contributed by atoms with Gasteiger partial charge in [-0.1, -0.05) is 56.2 Å². The van der Waals surface area contributed by atoms with Gasteiger partial charge in [0.15, 0.2) is 0 Å². The van der Waals surface area contributed by atoms with Crippen LogP contribution in [0.5, 0.6) is 0 Å². The van der Waals surface area contributed by atoms with Crippen molar-refractivity contribution in [2.24, 2.45) is 0 Å². The maximum absolute atomic E-state index is 11.7. The number of carbonyl (C=O) groups excluding carboxylic acids is 1. The zero-order chi connectivity index (χ0) is 19.8. The first kappa shape index (κ1) is 21.1. The van der Waals surface area contributed by atoms with E-state index in [0.717, 1.165) is 12.8 Å². The van der Waals surface area contributed by atoms with E-state index in [1.807, 2.05) is 0 Å². The van der Waals surface area contributed by atoms with Gasteiger partial charge in [0.25, 0.3) is 0 Å². The summed E-state index contributed by atoms with van der Waals surface area (Å²) < 4.78 is 0. The summed E-state index contributed by atoms with van der Waals surface area (Å²) in [6.07, 6.45) is 15.9. The predicted octanol–water partition coefficient (Wildman–Crippen LogP) is 5.52. The number of hydrogen-bond acceptors (Lipinski definition) is 2. The van der Waals surface area contributed by atoms with Gasteiger partial charge in [-0.25, -0.2) is 0 Å². The van der Waals surface area contributed by atoms with Crippen molar-refractivity contribution in [3.63, 3.8) is 0 Å². The van der Waals surface area contributed by atoms with E-state index in [0.29, 0.717) is 0 Å². The van der Waals surface area contributed by atoms with Crippen LogP contribution in [0, 0.1) is 0 Å². The van der Waals surface area contributed by atoms with Crippen LogP contribution in [-0.4, -0.2) is 30.4 Å². The van der Waals surface area contributed by atoms with Gasteiger partial charge in [0.1, 0.15) is 0 Å². The minimum Gasteiger partial charge on any atom is -0.349 e. The number of nitrogens with one attached hydrogen (secondary N) is 1. The van der Waals surface area contributed by atoms with E-state index >= 15 is 0 Å². The normalized spacial score (nSPS) is 21.3. The number of carbonyl (C=O) groups is 1. The van der Waals surface area contributed by atoms with Gasteiger partial charge in [0.05, 0.1) is 6.04 Å². The topological polar surface area (TPSA) is 32.3 Å². The largest absolute Gasteiger partial charge is 0.349 e. The molecule has 1 aromatic carbocycles. The fourth-order valence-corrected chi connectivity index (χ4v) is 5.18. The Morgan fingerprint density at radius 1 is 1.14 bits per heavy atom. The van der Waals surface area contributed by atoms with Crippen LogP contribution in [0.2, 0.25) is 0 Å². The van der Waals surface area contributed by atoms with E-state index in [9.17, 15) is 4.79 Å². The molecule has 1 amide bonds. The second-order valence-electron chi connectivity index (χ2n) is 8.75. The average molecular weight is 383 g/mol. The molecule has 28 heavy (non-hydrogen) atoms. The van der Waals surface area contributed by atoms with Gasteiger partial charge in [-0.05, 0) is 75.7 Å².